The van der Waals surface area contributed by atoms with Gasteiger partial charge in [0.1, 0.15) is 11.9 Å². The molecule has 6 heteroatoms. The summed E-state index contributed by atoms with van der Waals surface area (Å²) in [6, 6.07) is 5.67. The van der Waals surface area contributed by atoms with Crippen molar-refractivity contribution in [2.75, 3.05) is 25.1 Å². The monoisotopic (exact) mass is 246 g/mol. The first kappa shape index (κ1) is 12.2. The molecule has 1 saturated heterocycles. The number of nitriles is 1. The first-order chi connectivity index (χ1) is 8.72. The molecule has 2 heterocycles. The lowest BCUT2D eigenvalue weighted by Crippen LogP contribution is -2.37. The summed E-state index contributed by atoms with van der Waals surface area (Å²) in [5.41, 5.74) is 0.544. The number of amides is 1. The van der Waals surface area contributed by atoms with E-state index in [9.17, 15) is 4.79 Å². The number of pyridine rings is 1. The summed E-state index contributed by atoms with van der Waals surface area (Å²) in [6.07, 6.45) is 2.00. The van der Waals surface area contributed by atoms with Gasteiger partial charge in [-0.3, -0.25) is 0 Å². The number of alkyl carbamates (subject to hydrolysis) is 1. The normalized spacial score (nSPS) is 18.2. The summed E-state index contributed by atoms with van der Waals surface area (Å²) in [7, 11) is 1.35. The second-order valence-electron chi connectivity index (χ2n) is 4.08. The van der Waals surface area contributed by atoms with Gasteiger partial charge in [0.15, 0.2) is 0 Å². The predicted octanol–water partition coefficient (Wildman–Crippen LogP) is 0.888. The van der Waals surface area contributed by atoms with Gasteiger partial charge in [-0.05, 0) is 18.6 Å². The van der Waals surface area contributed by atoms with Gasteiger partial charge in [0, 0.05) is 19.3 Å². The van der Waals surface area contributed by atoms with Crippen LogP contribution in [0.1, 0.15) is 12.0 Å². The van der Waals surface area contributed by atoms with Crippen molar-refractivity contribution < 1.29 is 9.53 Å². The van der Waals surface area contributed by atoms with Crippen molar-refractivity contribution in [3.8, 4) is 6.07 Å². The van der Waals surface area contributed by atoms with Crippen molar-refractivity contribution in [3.63, 3.8) is 0 Å². The highest BCUT2D eigenvalue weighted by molar-refractivity contribution is 5.67. The van der Waals surface area contributed by atoms with Gasteiger partial charge >= 0.3 is 6.09 Å². The molecule has 1 fully saturated rings. The van der Waals surface area contributed by atoms with Crippen LogP contribution >= 0.6 is 0 Å². The molecule has 0 radical (unpaired) electrons. The standard InChI is InChI=1S/C12H14N4O2/c1-18-12(17)15-10-4-5-16(8-10)11-3-2-9(6-13)7-14-11/h2-3,7,10H,4-5,8H2,1H3,(H,15,17). The quantitative estimate of drug-likeness (QED) is 0.838. The van der Waals surface area contributed by atoms with Gasteiger partial charge in [0.2, 0.25) is 0 Å². The number of rotatable bonds is 2. The molecule has 1 aromatic heterocycles. The smallest absolute Gasteiger partial charge is 0.407 e. The summed E-state index contributed by atoms with van der Waals surface area (Å²) in [5, 5.41) is 11.5. The highest BCUT2D eigenvalue weighted by atomic mass is 16.5. The fourth-order valence-corrected chi connectivity index (χ4v) is 1.95. The minimum atomic E-state index is -0.408. The molecule has 6 nitrogen and oxygen atoms in total. The zero-order valence-corrected chi connectivity index (χ0v) is 10.1. The molecule has 0 saturated carbocycles. The Kier molecular flexibility index (Phi) is 3.63. The van der Waals surface area contributed by atoms with Crippen LogP contribution in [0.2, 0.25) is 0 Å². The topological polar surface area (TPSA) is 78.2 Å². The van der Waals surface area contributed by atoms with Crippen LogP contribution in [0, 0.1) is 11.3 Å². The Hall–Kier alpha value is -2.29. The summed E-state index contributed by atoms with van der Waals surface area (Å²) in [6.45, 7) is 1.53. The summed E-state index contributed by atoms with van der Waals surface area (Å²) >= 11 is 0. The van der Waals surface area contributed by atoms with Crippen LogP contribution in [0.5, 0.6) is 0 Å². The molecule has 1 atom stereocenters. The van der Waals surface area contributed by atoms with Crippen molar-refractivity contribution in [1.82, 2.24) is 10.3 Å². The Balaban J connectivity index is 1.95. The molecule has 0 bridgehead atoms. The van der Waals surface area contributed by atoms with Gasteiger partial charge in [-0.25, -0.2) is 9.78 Å². The van der Waals surface area contributed by atoms with E-state index in [-0.39, 0.29) is 6.04 Å². The lowest BCUT2D eigenvalue weighted by molar-refractivity contribution is 0.167. The van der Waals surface area contributed by atoms with Gasteiger partial charge in [0.25, 0.3) is 0 Å². The SMILES string of the molecule is COC(=O)NC1CCN(c2ccc(C#N)cn2)C1. The lowest BCUT2D eigenvalue weighted by atomic mass is 10.3. The van der Waals surface area contributed by atoms with E-state index in [0.29, 0.717) is 12.1 Å². The third-order valence-electron chi connectivity index (χ3n) is 2.90. The van der Waals surface area contributed by atoms with Crippen molar-refractivity contribution in [2.45, 2.75) is 12.5 Å². The van der Waals surface area contributed by atoms with Gasteiger partial charge < -0.3 is 15.0 Å². The van der Waals surface area contributed by atoms with Crippen molar-refractivity contribution in [3.05, 3.63) is 23.9 Å². The Labute approximate surface area is 105 Å². The molecule has 2 rings (SSSR count). The number of nitrogens with one attached hydrogen (secondary N) is 1. The maximum atomic E-state index is 11.1. The summed E-state index contributed by atoms with van der Waals surface area (Å²) in [4.78, 5) is 17.4. The van der Waals surface area contributed by atoms with Crippen molar-refractivity contribution in [1.29, 1.82) is 5.26 Å². The number of carbonyl (C=O) groups is 1. The second-order valence-corrected chi connectivity index (χ2v) is 4.08. The number of carbonyl (C=O) groups excluding carboxylic acids is 1. The second kappa shape index (κ2) is 5.36. The molecular formula is C12H14N4O2. The molecule has 1 unspecified atom stereocenters. The van der Waals surface area contributed by atoms with Crippen LogP contribution < -0.4 is 10.2 Å². The van der Waals surface area contributed by atoms with Crippen LogP contribution in [-0.2, 0) is 4.74 Å². The zero-order valence-electron chi connectivity index (χ0n) is 10.1. The number of methoxy groups -OCH3 is 1. The highest BCUT2D eigenvalue weighted by Crippen LogP contribution is 2.18. The summed E-state index contributed by atoms with van der Waals surface area (Å²) < 4.78 is 4.56. The Morgan fingerprint density at radius 1 is 1.67 bits per heavy atom. The molecule has 18 heavy (non-hydrogen) atoms. The third kappa shape index (κ3) is 2.69. The summed E-state index contributed by atoms with van der Waals surface area (Å²) in [5.74, 6) is 0.822. The fourth-order valence-electron chi connectivity index (χ4n) is 1.95. The van der Waals surface area contributed by atoms with Gasteiger partial charge in [-0.15, -0.1) is 0 Å². The molecule has 94 valence electrons. The maximum absolute atomic E-state index is 11.1. The van der Waals surface area contributed by atoms with E-state index in [1.807, 2.05) is 12.1 Å². The molecule has 1 aliphatic rings. The van der Waals surface area contributed by atoms with E-state index in [4.69, 9.17) is 5.26 Å². The number of anilines is 1. The minimum absolute atomic E-state index is 0.0786. The fraction of sp³-hybridized carbons (Fsp3) is 0.417. The first-order valence-corrected chi connectivity index (χ1v) is 5.68. The average molecular weight is 246 g/mol. The molecule has 0 aliphatic carbocycles. The molecule has 1 aliphatic heterocycles. The first-order valence-electron chi connectivity index (χ1n) is 5.68. The van der Waals surface area contributed by atoms with Crippen molar-refractivity contribution in [2.24, 2.45) is 0 Å². The molecule has 0 aromatic carbocycles. The Bertz CT molecular complexity index is 466. The third-order valence-corrected chi connectivity index (χ3v) is 2.90. The van der Waals surface area contributed by atoms with Crippen LogP contribution in [0.15, 0.2) is 18.3 Å². The van der Waals surface area contributed by atoms with Gasteiger partial charge in [-0.2, -0.15) is 5.26 Å². The molecular weight excluding hydrogens is 232 g/mol. The van der Waals surface area contributed by atoms with E-state index in [1.54, 1.807) is 12.3 Å². The molecule has 0 spiro atoms. The number of ether oxygens (including phenoxy) is 1. The molecule has 1 N–H and O–H groups in total. The van der Waals surface area contributed by atoms with Gasteiger partial charge in [-0.1, -0.05) is 0 Å². The van der Waals surface area contributed by atoms with E-state index in [2.05, 4.69) is 19.9 Å². The number of nitrogens with zero attached hydrogens (tertiary/aromatic N) is 3. The highest BCUT2D eigenvalue weighted by Gasteiger charge is 2.24. The lowest BCUT2D eigenvalue weighted by Gasteiger charge is -2.17. The van der Waals surface area contributed by atoms with Crippen LogP contribution in [0.3, 0.4) is 0 Å². The molecule has 1 aromatic rings. The number of hydrogen-bond acceptors (Lipinski definition) is 5. The zero-order chi connectivity index (χ0) is 13.0. The molecule has 1 amide bonds. The average Bonchev–Trinajstić information content (AvgIpc) is 2.87. The van der Waals surface area contributed by atoms with Crippen LogP contribution in [0.4, 0.5) is 10.6 Å². The Morgan fingerprint density at radius 3 is 3.11 bits per heavy atom. The largest absolute Gasteiger partial charge is 0.453 e. The predicted molar refractivity (Wildman–Crippen MR) is 65.1 cm³/mol. The van der Waals surface area contributed by atoms with E-state index in [0.717, 1.165) is 18.8 Å². The number of aromatic nitrogens is 1. The van der Waals surface area contributed by atoms with Crippen LogP contribution in [0.25, 0.3) is 0 Å². The van der Waals surface area contributed by atoms with E-state index in [1.165, 1.54) is 7.11 Å². The van der Waals surface area contributed by atoms with Gasteiger partial charge in [0.05, 0.1) is 18.7 Å². The van der Waals surface area contributed by atoms with E-state index < -0.39 is 6.09 Å². The number of hydrogen-bond donors (Lipinski definition) is 1. The van der Waals surface area contributed by atoms with Crippen LogP contribution in [-0.4, -0.2) is 37.3 Å². The maximum Gasteiger partial charge on any atom is 0.407 e. The van der Waals surface area contributed by atoms with Crippen molar-refractivity contribution >= 4 is 11.9 Å². The Morgan fingerprint density at radius 2 is 2.50 bits per heavy atom. The minimum Gasteiger partial charge on any atom is -0.453 e. The van der Waals surface area contributed by atoms with E-state index >= 15 is 0 Å².